The molecule has 0 aliphatic carbocycles. The number of halogens is 8. The van der Waals surface area contributed by atoms with E-state index in [9.17, 15) is 54.3 Å². The minimum atomic E-state index is -1.74. The lowest BCUT2D eigenvalue weighted by atomic mass is 10.0. The van der Waals surface area contributed by atoms with Crippen LogP contribution in [-0.4, -0.2) is 49.2 Å². The van der Waals surface area contributed by atoms with Gasteiger partial charge < -0.3 is 20.1 Å². The summed E-state index contributed by atoms with van der Waals surface area (Å²) >= 11 is 0. The highest BCUT2D eigenvalue weighted by Crippen LogP contribution is 2.27. The topological polar surface area (TPSA) is 111 Å². The predicted molar refractivity (Wildman–Crippen MR) is 140 cm³/mol. The van der Waals surface area contributed by atoms with Gasteiger partial charge in [-0.15, -0.1) is 0 Å². The lowest BCUT2D eigenvalue weighted by molar-refractivity contribution is -0.128. The van der Waals surface area contributed by atoms with Gasteiger partial charge in [-0.05, 0) is 12.0 Å². The van der Waals surface area contributed by atoms with Gasteiger partial charge in [-0.2, -0.15) is 17.6 Å². The molecule has 0 spiro atoms. The summed E-state index contributed by atoms with van der Waals surface area (Å²) in [4.78, 5) is 45.2. The van der Waals surface area contributed by atoms with Gasteiger partial charge in [-0.1, -0.05) is 30.3 Å². The third-order valence-corrected chi connectivity index (χ3v) is 5.46. The smallest absolute Gasteiger partial charge is 0.217 e. The van der Waals surface area contributed by atoms with E-state index in [-0.39, 0.29) is 18.6 Å². The Morgan fingerprint density at radius 3 is 1.53 bits per heavy atom. The number of carbonyl (C=O) groups is 4. The van der Waals surface area contributed by atoms with Crippen molar-refractivity contribution in [2.75, 3.05) is 19.8 Å². The number of amides is 2. The first-order valence-electron chi connectivity index (χ1n) is 12.6. The van der Waals surface area contributed by atoms with E-state index >= 15 is 0 Å². The molecule has 0 radical (unpaired) electrons. The van der Waals surface area contributed by atoms with E-state index in [4.69, 9.17) is 0 Å². The largest absolute Gasteiger partial charge is 0.479 e. The van der Waals surface area contributed by atoms with Crippen LogP contribution in [0.15, 0.2) is 42.5 Å². The normalized spacial score (nSPS) is 11.1. The molecule has 3 aromatic carbocycles. The SMILES string of the molecule is CC(=O)NCC(=O)COc1c(F)c(F)cc(F)c1F.CC(=O)N[C@@H](Cc1ccccc1)C(=O)COc1c(F)c(F)cc(F)c1F. The van der Waals surface area contributed by atoms with E-state index in [1.807, 2.05) is 0 Å². The average molecular weight is 649 g/mol. The fourth-order valence-corrected chi connectivity index (χ4v) is 3.37. The highest BCUT2D eigenvalue weighted by Gasteiger charge is 2.25. The summed E-state index contributed by atoms with van der Waals surface area (Å²) in [6, 6.07) is 7.73. The molecule has 45 heavy (non-hydrogen) atoms. The Morgan fingerprint density at radius 2 is 1.11 bits per heavy atom. The fourth-order valence-electron chi connectivity index (χ4n) is 3.37. The third-order valence-electron chi connectivity index (χ3n) is 5.46. The van der Waals surface area contributed by atoms with Gasteiger partial charge in [0, 0.05) is 26.0 Å². The molecule has 0 saturated heterocycles. The summed E-state index contributed by atoms with van der Waals surface area (Å²) < 4.78 is 114. The lowest BCUT2D eigenvalue weighted by Gasteiger charge is -2.17. The first-order chi connectivity index (χ1) is 21.1. The Balaban J connectivity index is 0.000000330. The summed E-state index contributed by atoms with van der Waals surface area (Å²) in [7, 11) is 0. The van der Waals surface area contributed by atoms with E-state index < -0.39 is 107 Å². The van der Waals surface area contributed by atoms with E-state index in [2.05, 4.69) is 20.1 Å². The van der Waals surface area contributed by atoms with Crippen LogP contribution in [0.4, 0.5) is 35.1 Å². The Bertz CT molecular complexity index is 1500. The zero-order chi connectivity index (χ0) is 33.8. The summed E-state index contributed by atoms with van der Waals surface area (Å²) in [6.45, 7) is 0.227. The Hall–Kier alpha value is -5.02. The van der Waals surface area contributed by atoms with Gasteiger partial charge in [-0.25, -0.2) is 17.6 Å². The number of ketones is 2. The predicted octanol–water partition coefficient (Wildman–Crippen LogP) is 4.27. The molecule has 1 atom stereocenters. The molecular formula is C29H24F8N2O6. The molecule has 0 unspecified atom stereocenters. The van der Waals surface area contributed by atoms with Gasteiger partial charge in [0.1, 0.15) is 13.2 Å². The molecule has 0 bridgehead atoms. The van der Waals surface area contributed by atoms with Crippen molar-refractivity contribution in [2.24, 2.45) is 0 Å². The zero-order valence-corrected chi connectivity index (χ0v) is 23.4. The van der Waals surface area contributed by atoms with Gasteiger partial charge in [0.15, 0.2) is 46.3 Å². The van der Waals surface area contributed by atoms with Crippen LogP contribution in [0.1, 0.15) is 19.4 Å². The van der Waals surface area contributed by atoms with Crippen molar-refractivity contribution in [1.29, 1.82) is 0 Å². The number of nitrogens with one attached hydrogen (secondary N) is 2. The molecule has 0 heterocycles. The highest BCUT2D eigenvalue weighted by atomic mass is 19.2. The van der Waals surface area contributed by atoms with Crippen LogP contribution in [-0.2, 0) is 25.6 Å². The summed E-state index contributed by atoms with van der Waals surface area (Å²) in [5.41, 5.74) is 0.730. The van der Waals surface area contributed by atoms with Crippen LogP contribution >= 0.6 is 0 Å². The maximum Gasteiger partial charge on any atom is 0.217 e. The second-order valence-corrected chi connectivity index (χ2v) is 9.03. The van der Waals surface area contributed by atoms with Gasteiger partial charge >= 0.3 is 0 Å². The van der Waals surface area contributed by atoms with Crippen molar-refractivity contribution in [3.63, 3.8) is 0 Å². The van der Waals surface area contributed by atoms with Crippen LogP contribution in [0.25, 0.3) is 0 Å². The van der Waals surface area contributed by atoms with Crippen LogP contribution < -0.4 is 20.1 Å². The fraction of sp³-hybridized carbons (Fsp3) is 0.241. The average Bonchev–Trinajstić information content (AvgIpc) is 2.98. The van der Waals surface area contributed by atoms with Crippen LogP contribution in [0.3, 0.4) is 0 Å². The number of carbonyl (C=O) groups excluding carboxylic acids is 4. The molecule has 0 aliphatic rings. The first kappa shape index (κ1) is 36.2. The number of benzene rings is 3. The number of hydrogen-bond donors (Lipinski definition) is 2. The van der Waals surface area contributed by atoms with E-state index in [1.165, 1.54) is 6.92 Å². The molecule has 2 N–H and O–H groups in total. The quantitative estimate of drug-likeness (QED) is 0.224. The van der Waals surface area contributed by atoms with Crippen LogP contribution in [0, 0.1) is 46.5 Å². The van der Waals surface area contributed by atoms with E-state index in [0.29, 0.717) is 0 Å². The Kier molecular flexibility index (Phi) is 13.4. The van der Waals surface area contributed by atoms with Crippen molar-refractivity contribution in [2.45, 2.75) is 26.3 Å². The maximum absolute atomic E-state index is 13.6. The van der Waals surface area contributed by atoms with Gasteiger partial charge in [-0.3, -0.25) is 19.2 Å². The highest BCUT2D eigenvalue weighted by molar-refractivity contribution is 5.89. The molecule has 0 fully saturated rings. The Labute approximate surface area is 250 Å². The molecule has 8 nitrogen and oxygen atoms in total. The van der Waals surface area contributed by atoms with Crippen molar-refractivity contribution < 1.29 is 63.8 Å². The molecule has 0 aromatic heterocycles. The second-order valence-electron chi connectivity index (χ2n) is 9.03. The maximum atomic E-state index is 13.6. The number of Topliss-reactive ketones (excluding diaryl/α,β-unsaturated/α-hetero) is 2. The molecule has 3 aromatic rings. The third kappa shape index (κ3) is 10.9. The zero-order valence-electron chi connectivity index (χ0n) is 23.4. The number of hydrogen-bond acceptors (Lipinski definition) is 6. The second kappa shape index (κ2) is 16.7. The van der Waals surface area contributed by atoms with Crippen molar-refractivity contribution in [1.82, 2.24) is 10.6 Å². The molecule has 242 valence electrons. The Morgan fingerprint density at radius 1 is 0.667 bits per heavy atom. The minimum Gasteiger partial charge on any atom is -0.479 e. The monoisotopic (exact) mass is 648 g/mol. The van der Waals surface area contributed by atoms with E-state index in [0.717, 1.165) is 12.5 Å². The molecular weight excluding hydrogens is 624 g/mol. The van der Waals surface area contributed by atoms with Crippen molar-refractivity contribution in [3.05, 3.63) is 94.6 Å². The van der Waals surface area contributed by atoms with Crippen LogP contribution in [0.2, 0.25) is 0 Å². The van der Waals surface area contributed by atoms with E-state index in [1.54, 1.807) is 30.3 Å². The summed E-state index contributed by atoms with van der Waals surface area (Å²) in [5, 5.41) is 4.54. The summed E-state index contributed by atoms with van der Waals surface area (Å²) in [5.74, 6) is -18.5. The minimum absolute atomic E-state index is 0.0245. The molecule has 16 heteroatoms. The number of rotatable bonds is 12. The molecule has 0 saturated carbocycles. The van der Waals surface area contributed by atoms with Crippen molar-refractivity contribution >= 4 is 23.4 Å². The van der Waals surface area contributed by atoms with Gasteiger partial charge in [0.05, 0.1) is 12.6 Å². The number of ether oxygens (including phenoxy) is 2. The molecule has 2 amide bonds. The van der Waals surface area contributed by atoms with Gasteiger partial charge in [0.25, 0.3) is 0 Å². The summed E-state index contributed by atoms with van der Waals surface area (Å²) in [6.07, 6.45) is 0.116. The standard InChI is InChI=1S/C18H15F4NO3.C11H9F4NO3/c1-10(24)23-14(7-11-5-3-2-4-6-11)15(25)9-26-18-16(21)12(19)8-13(20)17(18)22;1-5(17)16-3-6(18)4-19-11-9(14)7(12)2-8(13)10(11)15/h2-6,8,14H,7,9H2,1H3,(H,23,24);2H,3-4H2,1H3,(H,16,17)/t14-;/m0./s1. The van der Waals surface area contributed by atoms with Crippen LogP contribution in [0.5, 0.6) is 11.5 Å². The molecule has 3 rings (SSSR count). The van der Waals surface area contributed by atoms with Gasteiger partial charge in [0.2, 0.25) is 35.1 Å². The first-order valence-corrected chi connectivity index (χ1v) is 12.6. The lowest BCUT2D eigenvalue weighted by Crippen LogP contribution is -2.43. The van der Waals surface area contributed by atoms with Crippen molar-refractivity contribution in [3.8, 4) is 11.5 Å². The molecule has 0 aliphatic heterocycles.